The van der Waals surface area contributed by atoms with E-state index in [2.05, 4.69) is 20.8 Å². The van der Waals surface area contributed by atoms with E-state index >= 15 is 0 Å². The predicted molar refractivity (Wildman–Crippen MR) is 161 cm³/mol. The molecule has 1 saturated heterocycles. The number of aliphatic hydroxyl groups is 1. The average molecular weight is 590 g/mol. The van der Waals surface area contributed by atoms with Crippen LogP contribution in [-0.2, 0) is 26.1 Å². The van der Waals surface area contributed by atoms with Gasteiger partial charge in [-0.3, -0.25) is 4.79 Å². The Morgan fingerprint density at radius 3 is 2.58 bits per heavy atom. The van der Waals surface area contributed by atoms with E-state index in [9.17, 15) is 14.7 Å². The monoisotopic (exact) mass is 589 g/mol. The number of allylic oxidation sites excluding steroid dienone is 1. The molecule has 2 aromatic rings. The molecular weight excluding hydrogens is 546 g/mol. The van der Waals surface area contributed by atoms with E-state index in [1.807, 2.05) is 69.7 Å². The molecule has 8 nitrogen and oxygen atoms in total. The van der Waals surface area contributed by atoms with Crippen molar-refractivity contribution in [3.8, 4) is 5.75 Å². The first-order valence-corrected chi connectivity index (χ1v) is 15.4. The van der Waals surface area contributed by atoms with Crippen molar-refractivity contribution in [3.05, 3.63) is 52.8 Å². The zero-order valence-corrected chi connectivity index (χ0v) is 26.6. The number of carbonyl (C=O) groups excluding carboxylic acids is 2. The van der Waals surface area contributed by atoms with Gasteiger partial charge in [-0.15, -0.1) is 0 Å². The number of aromatic nitrogens is 1. The van der Waals surface area contributed by atoms with Crippen molar-refractivity contribution < 1.29 is 33.6 Å². The lowest BCUT2D eigenvalue weighted by molar-refractivity contribution is -0.302. The second-order valence-electron chi connectivity index (χ2n) is 14.7. The van der Waals surface area contributed by atoms with E-state index in [-0.39, 0.29) is 35.6 Å². The molecule has 0 radical (unpaired) electrons. The Morgan fingerprint density at radius 2 is 1.88 bits per heavy atom. The topological polar surface area (TPSA) is 96.2 Å². The molecule has 8 heteroatoms. The summed E-state index contributed by atoms with van der Waals surface area (Å²) in [6, 6.07) is 5.61. The third kappa shape index (κ3) is 3.54. The molecule has 43 heavy (non-hydrogen) atoms. The van der Waals surface area contributed by atoms with Gasteiger partial charge in [-0.2, -0.15) is 0 Å². The first-order valence-electron chi connectivity index (χ1n) is 15.4. The lowest BCUT2D eigenvalue weighted by Gasteiger charge is -2.52. The number of Topliss-reactive ketones (excluding diaryl/α,β-unsaturated/α-hetero) is 1. The SMILES string of the molecule is COc1ccc2c(c1)c(C(=O)O[C@H]1C(C)=CC34C(=O)[C@@H](C=C5COC(C)(C)O[C@H]5[C@]13O)[C@H]1[C@@H](CC4C)C1(C)C)c(C)n2C. The quantitative estimate of drug-likeness (QED) is 0.384. The molecule has 2 unspecified atom stereocenters. The van der Waals surface area contributed by atoms with Gasteiger partial charge in [0, 0.05) is 29.6 Å². The minimum absolute atomic E-state index is 0.00661. The third-order valence-electron chi connectivity index (χ3n) is 11.8. The van der Waals surface area contributed by atoms with Gasteiger partial charge in [0.05, 0.1) is 24.7 Å². The zero-order chi connectivity index (χ0) is 31.0. The van der Waals surface area contributed by atoms with Crippen molar-refractivity contribution in [2.24, 2.45) is 41.5 Å². The Hall–Kier alpha value is -2.94. The van der Waals surface area contributed by atoms with Gasteiger partial charge in [0.1, 0.15) is 11.9 Å². The van der Waals surface area contributed by atoms with Gasteiger partial charge in [0.2, 0.25) is 0 Å². The molecule has 1 aliphatic heterocycles. The number of fused-ring (bicyclic) bond motifs is 6. The number of hydrogen-bond acceptors (Lipinski definition) is 7. The second kappa shape index (κ2) is 8.83. The summed E-state index contributed by atoms with van der Waals surface area (Å²) in [6.07, 6.45) is 2.74. The summed E-state index contributed by atoms with van der Waals surface area (Å²) in [5, 5.41) is 14.0. The van der Waals surface area contributed by atoms with Gasteiger partial charge in [0.25, 0.3) is 0 Å². The Labute approximate surface area is 253 Å². The molecule has 2 bridgehead atoms. The molecule has 7 rings (SSSR count). The number of methoxy groups -OCH3 is 1. The van der Waals surface area contributed by atoms with Crippen LogP contribution in [0, 0.1) is 41.4 Å². The summed E-state index contributed by atoms with van der Waals surface area (Å²) in [5.74, 6) is -0.986. The molecule has 230 valence electrons. The molecule has 1 aromatic carbocycles. The Bertz CT molecular complexity index is 1640. The Kier molecular flexibility index (Phi) is 5.91. The maximum absolute atomic E-state index is 14.9. The normalized spacial score (nSPS) is 38.6. The van der Waals surface area contributed by atoms with E-state index in [4.69, 9.17) is 18.9 Å². The Balaban J connectivity index is 1.38. The number of aryl methyl sites for hydroxylation is 1. The van der Waals surface area contributed by atoms with Gasteiger partial charge in [-0.1, -0.05) is 32.9 Å². The summed E-state index contributed by atoms with van der Waals surface area (Å²) in [6.45, 7) is 14.2. The minimum atomic E-state index is -1.86. The van der Waals surface area contributed by atoms with Gasteiger partial charge in [-0.25, -0.2) is 4.79 Å². The van der Waals surface area contributed by atoms with Crippen LogP contribution in [0.4, 0.5) is 0 Å². The van der Waals surface area contributed by atoms with Crippen LogP contribution in [0.2, 0.25) is 0 Å². The van der Waals surface area contributed by atoms with Crippen LogP contribution >= 0.6 is 0 Å². The van der Waals surface area contributed by atoms with Gasteiger partial charge < -0.3 is 28.6 Å². The van der Waals surface area contributed by atoms with Crippen LogP contribution in [0.1, 0.15) is 64.0 Å². The smallest absolute Gasteiger partial charge is 0.341 e. The van der Waals surface area contributed by atoms with Gasteiger partial charge in [0.15, 0.2) is 23.3 Å². The van der Waals surface area contributed by atoms with Crippen LogP contribution in [-0.4, -0.2) is 58.7 Å². The molecule has 2 saturated carbocycles. The number of hydrogen-bond donors (Lipinski definition) is 1. The van der Waals surface area contributed by atoms with E-state index in [1.165, 1.54) is 0 Å². The first-order chi connectivity index (χ1) is 20.1. The van der Waals surface area contributed by atoms with E-state index in [0.29, 0.717) is 28.2 Å². The fourth-order valence-corrected chi connectivity index (χ4v) is 9.40. The van der Waals surface area contributed by atoms with Crippen LogP contribution in [0.25, 0.3) is 10.9 Å². The van der Waals surface area contributed by atoms with E-state index in [1.54, 1.807) is 7.11 Å². The molecule has 2 heterocycles. The number of ketones is 1. The molecule has 4 aliphatic carbocycles. The highest BCUT2D eigenvalue weighted by molar-refractivity contribution is 6.06. The molecule has 1 spiro atoms. The van der Waals surface area contributed by atoms with Gasteiger partial charge >= 0.3 is 5.97 Å². The fourth-order valence-electron chi connectivity index (χ4n) is 9.40. The van der Waals surface area contributed by atoms with Crippen LogP contribution in [0.3, 0.4) is 0 Å². The van der Waals surface area contributed by atoms with Crippen molar-refractivity contribution >= 4 is 22.7 Å². The Morgan fingerprint density at radius 1 is 1.16 bits per heavy atom. The van der Waals surface area contributed by atoms with E-state index in [0.717, 1.165) is 23.2 Å². The number of ether oxygens (including phenoxy) is 4. The molecule has 1 aromatic heterocycles. The highest BCUT2D eigenvalue weighted by Gasteiger charge is 2.77. The van der Waals surface area contributed by atoms with Gasteiger partial charge in [-0.05, 0) is 86.6 Å². The maximum Gasteiger partial charge on any atom is 0.341 e. The number of carbonyl (C=O) groups is 2. The number of benzene rings is 1. The minimum Gasteiger partial charge on any atom is -0.497 e. The molecule has 3 fully saturated rings. The van der Waals surface area contributed by atoms with Crippen molar-refractivity contribution in [2.75, 3.05) is 13.7 Å². The highest BCUT2D eigenvalue weighted by Crippen LogP contribution is 2.72. The molecule has 5 aliphatic rings. The van der Waals surface area contributed by atoms with Crippen molar-refractivity contribution in [2.45, 2.75) is 78.5 Å². The summed E-state index contributed by atoms with van der Waals surface area (Å²) >= 11 is 0. The van der Waals surface area contributed by atoms with Crippen LogP contribution in [0.15, 0.2) is 41.5 Å². The third-order valence-corrected chi connectivity index (χ3v) is 11.8. The number of nitrogens with zero attached hydrogens (tertiary/aromatic N) is 1. The largest absolute Gasteiger partial charge is 0.497 e. The van der Waals surface area contributed by atoms with Crippen LogP contribution < -0.4 is 4.74 Å². The zero-order valence-electron chi connectivity index (χ0n) is 26.6. The first kappa shape index (κ1) is 28.8. The second-order valence-corrected chi connectivity index (χ2v) is 14.7. The summed E-state index contributed by atoms with van der Waals surface area (Å²) in [4.78, 5) is 29.2. The number of rotatable bonds is 3. The maximum atomic E-state index is 14.9. The highest BCUT2D eigenvalue weighted by atomic mass is 16.7. The van der Waals surface area contributed by atoms with Crippen LogP contribution in [0.5, 0.6) is 5.75 Å². The molecule has 8 atom stereocenters. The van der Waals surface area contributed by atoms with E-state index < -0.39 is 35.0 Å². The molecular formula is C35H43NO7. The average Bonchev–Trinajstić information content (AvgIpc) is 3.32. The van der Waals surface area contributed by atoms with Crippen molar-refractivity contribution in [1.29, 1.82) is 0 Å². The standard InChI is InChI=1S/C35H43NO7/c1-17-15-34-18(2)12-24-27(32(24,4)5)23(28(34)37)13-20-16-41-33(6,7)43-30(20)35(34,39)29(17)42-31(38)26-19(3)36(8)25-11-10-21(40-9)14-22(25)26/h10-11,13-15,18,23-24,27,29-30,39H,12,16H2,1-9H3/t18?,23-,24+,27-,29-,30+,34?,35+/m0/s1. The summed E-state index contributed by atoms with van der Waals surface area (Å²) < 4.78 is 26.5. The number of esters is 1. The summed E-state index contributed by atoms with van der Waals surface area (Å²) in [5.41, 5.74) is 0.295. The molecule has 0 amide bonds. The molecule has 1 N–H and O–H groups in total. The van der Waals surface area contributed by atoms with Crippen molar-refractivity contribution in [1.82, 2.24) is 4.57 Å². The van der Waals surface area contributed by atoms with Crippen molar-refractivity contribution in [3.63, 3.8) is 0 Å². The fraction of sp³-hybridized carbons (Fsp3) is 0.600. The lowest BCUT2D eigenvalue weighted by atomic mass is 9.59. The summed E-state index contributed by atoms with van der Waals surface area (Å²) in [7, 11) is 3.50. The lowest BCUT2D eigenvalue weighted by Crippen LogP contribution is -2.68. The predicted octanol–water partition coefficient (Wildman–Crippen LogP) is 5.29.